The highest BCUT2D eigenvalue weighted by Crippen LogP contribution is 2.20. The number of aliphatic hydroxyl groups is 1. The molecule has 1 aliphatic heterocycles. The molecule has 0 atom stereocenters. The first-order valence-electron chi connectivity index (χ1n) is 8.29. The Balaban J connectivity index is 1.75. The molecule has 126 valence electrons. The average Bonchev–Trinajstić information content (AvgIpc) is 2.60. The van der Waals surface area contributed by atoms with Gasteiger partial charge in [0.15, 0.2) is 0 Å². The highest BCUT2D eigenvalue weighted by molar-refractivity contribution is 5.80. The summed E-state index contributed by atoms with van der Waals surface area (Å²) in [4.78, 5) is 27.9. The molecule has 1 aromatic rings. The van der Waals surface area contributed by atoms with Crippen LogP contribution in [0.2, 0.25) is 0 Å². The molecule has 5 nitrogen and oxygen atoms in total. The fourth-order valence-corrected chi connectivity index (χ4v) is 3.00. The molecule has 23 heavy (non-hydrogen) atoms. The van der Waals surface area contributed by atoms with Crippen molar-refractivity contribution in [2.75, 3.05) is 33.3 Å². The molecule has 0 bridgehead atoms. The Hall–Kier alpha value is -1.88. The summed E-state index contributed by atoms with van der Waals surface area (Å²) >= 11 is 0. The Labute approximate surface area is 137 Å². The molecule has 0 radical (unpaired) electrons. The van der Waals surface area contributed by atoms with Gasteiger partial charge < -0.3 is 14.9 Å². The van der Waals surface area contributed by atoms with E-state index in [-0.39, 0.29) is 24.3 Å². The summed E-state index contributed by atoms with van der Waals surface area (Å²) in [6, 6.07) is 10.0. The van der Waals surface area contributed by atoms with E-state index in [4.69, 9.17) is 5.11 Å². The quantitative estimate of drug-likeness (QED) is 0.860. The number of benzene rings is 1. The Morgan fingerprint density at radius 1 is 1.22 bits per heavy atom. The van der Waals surface area contributed by atoms with Crippen LogP contribution < -0.4 is 0 Å². The fourth-order valence-electron chi connectivity index (χ4n) is 3.00. The minimum absolute atomic E-state index is 0.0148. The molecular formula is C18H26N2O3. The van der Waals surface area contributed by atoms with E-state index in [0.29, 0.717) is 38.9 Å². The zero-order valence-electron chi connectivity index (χ0n) is 13.8. The van der Waals surface area contributed by atoms with Crippen LogP contribution >= 0.6 is 0 Å². The number of likely N-dealkylation sites (N-methyl/N-ethyl adjacent to an activating group) is 1. The Bertz CT molecular complexity index is 510. The van der Waals surface area contributed by atoms with E-state index in [1.807, 2.05) is 35.2 Å². The van der Waals surface area contributed by atoms with E-state index < -0.39 is 0 Å². The van der Waals surface area contributed by atoms with Crippen LogP contribution in [0.4, 0.5) is 0 Å². The predicted octanol–water partition coefficient (Wildman–Crippen LogP) is 1.31. The molecule has 2 amide bonds. The molecule has 1 saturated heterocycles. The largest absolute Gasteiger partial charge is 0.395 e. The molecule has 0 spiro atoms. The first-order valence-corrected chi connectivity index (χ1v) is 8.29. The van der Waals surface area contributed by atoms with Gasteiger partial charge in [-0.2, -0.15) is 0 Å². The number of rotatable bonds is 6. The molecule has 1 aliphatic rings. The Morgan fingerprint density at radius 2 is 1.87 bits per heavy atom. The van der Waals surface area contributed by atoms with Gasteiger partial charge >= 0.3 is 0 Å². The van der Waals surface area contributed by atoms with E-state index in [9.17, 15) is 9.59 Å². The van der Waals surface area contributed by atoms with Crippen molar-refractivity contribution in [3.8, 4) is 0 Å². The van der Waals surface area contributed by atoms with Crippen LogP contribution in [0.3, 0.4) is 0 Å². The SMILES string of the molecule is CN(CCO)C(=O)C1CCN(C(=O)CCc2ccccc2)CC1. The van der Waals surface area contributed by atoms with Crippen molar-refractivity contribution in [1.29, 1.82) is 0 Å². The first-order chi connectivity index (χ1) is 11.1. The van der Waals surface area contributed by atoms with Crippen molar-refractivity contribution in [3.63, 3.8) is 0 Å². The maximum absolute atomic E-state index is 12.3. The van der Waals surface area contributed by atoms with Crippen LogP contribution in [0.1, 0.15) is 24.8 Å². The lowest BCUT2D eigenvalue weighted by atomic mass is 9.95. The monoisotopic (exact) mass is 318 g/mol. The number of carbonyl (C=O) groups excluding carboxylic acids is 2. The first kappa shape index (κ1) is 17.5. The molecule has 1 heterocycles. The third kappa shape index (κ3) is 5.06. The smallest absolute Gasteiger partial charge is 0.225 e. The van der Waals surface area contributed by atoms with Gasteiger partial charge in [-0.15, -0.1) is 0 Å². The molecule has 1 fully saturated rings. The third-order valence-electron chi connectivity index (χ3n) is 4.48. The minimum Gasteiger partial charge on any atom is -0.395 e. The number of aryl methyl sites for hydroxylation is 1. The second-order valence-corrected chi connectivity index (χ2v) is 6.12. The van der Waals surface area contributed by atoms with Gasteiger partial charge in [0.25, 0.3) is 0 Å². The Kier molecular flexibility index (Phi) is 6.59. The summed E-state index contributed by atoms with van der Waals surface area (Å²) in [7, 11) is 1.72. The number of hydrogen-bond donors (Lipinski definition) is 1. The Morgan fingerprint density at radius 3 is 2.48 bits per heavy atom. The van der Waals surface area contributed by atoms with Crippen LogP contribution in [0.25, 0.3) is 0 Å². The third-order valence-corrected chi connectivity index (χ3v) is 4.48. The van der Waals surface area contributed by atoms with Gasteiger partial charge in [-0.3, -0.25) is 9.59 Å². The normalized spacial score (nSPS) is 15.5. The molecule has 0 aromatic heterocycles. The van der Waals surface area contributed by atoms with E-state index in [0.717, 1.165) is 6.42 Å². The molecule has 0 aliphatic carbocycles. The number of carbonyl (C=O) groups is 2. The van der Waals surface area contributed by atoms with Crippen molar-refractivity contribution < 1.29 is 14.7 Å². The summed E-state index contributed by atoms with van der Waals surface area (Å²) in [5.41, 5.74) is 1.18. The second kappa shape index (κ2) is 8.67. The van der Waals surface area contributed by atoms with Gasteiger partial charge in [0, 0.05) is 39.0 Å². The van der Waals surface area contributed by atoms with Gasteiger partial charge in [-0.1, -0.05) is 30.3 Å². The van der Waals surface area contributed by atoms with Crippen molar-refractivity contribution in [2.45, 2.75) is 25.7 Å². The number of amides is 2. The van der Waals surface area contributed by atoms with Gasteiger partial charge in [-0.25, -0.2) is 0 Å². The molecule has 1 aromatic carbocycles. The van der Waals surface area contributed by atoms with Crippen molar-refractivity contribution in [2.24, 2.45) is 5.92 Å². The average molecular weight is 318 g/mol. The molecule has 2 rings (SSSR count). The van der Waals surface area contributed by atoms with Gasteiger partial charge in [0.1, 0.15) is 0 Å². The van der Waals surface area contributed by atoms with Crippen LogP contribution in [0, 0.1) is 5.92 Å². The number of piperidine rings is 1. The summed E-state index contributed by atoms with van der Waals surface area (Å²) in [5, 5.41) is 8.91. The number of hydrogen-bond acceptors (Lipinski definition) is 3. The highest BCUT2D eigenvalue weighted by atomic mass is 16.3. The van der Waals surface area contributed by atoms with E-state index >= 15 is 0 Å². The lowest BCUT2D eigenvalue weighted by Gasteiger charge is -2.33. The molecular weight excluding hydrogens is 292 g/mol. The number of likely N-dealkylation sites (tertiary alicyclic amines) is 1. The zero-order chi connectivity index (χ0) is 16.7. The predicted molar refractivity (Wildman–Crippen MR) is 88.8 cm³/mol. The standard InChI is InChI=1S/C18H26N2O3/c1-19(13-14-21)18(23)16-9-11-20(12-10-16)17(22)8-7-15-5-3-2-4-6-15/h2-6,16,21H,7-14H2,1H3. The lowest BCUT2D eigenvalue weighted by Crippen LogP contribution is -2.44. The minimum atomic E-state index is -0.0234. The van der Waals surface area contributed by atoms with Gasteiger partial charge in [0.2, 0.25) is 11.8 Å². The maximum atomic E-state index is 12.3. The van der Waals surface area contributed by atoms with Gasteiger partial charge in [-0.05, 0) is 24.8 Å². The molecule has 0 saturated carbocycles. The topological polar surface area (TPSA) is 60.9 Å². The number of nitrogens with zero attached hydrogens (tertiary/aromatic N) is 2. The van der Waals surface area contributed by atoms with E-state index in [2.05, 4.69) is 0 Å². The maximum Gasteiger partial charge on any atom is 0.225 e. The van der Waals surface area contributed by atoms with Crippen molar-refractivity contribution in [3.05, 3.63) is 35.9 Å². The van der Waals surface area contributed by atoms with Gasteiger partial charge in [0.05, 0.1) is 6.61 Å². The zero-order valence-corrected chi connectivity index (χ0v) is 13.8. The summed E-state index contributed by atoms with van der Waals surface area (Å²) in [5.74, 6) is 0.226. The lowest BCUT2D eigenvalue weighted by molar-refractivity contribution is -0.140. The van der Waals surface area contributed by atoms with Crippen LogP contribution in [-0.4, -0.2) is 60.0 Å². The summed E-state index contributed by atoms with van der Waals surface area (Å²) in [6.07, 6.45) is 2.71. The summed E-state index contributed by atoms with van der Waals surface area (Å²) in [6.45, 7) is 1.65. The van der Waals surface area contributed by atoms with E-state index in [1.54, 1.807) is 11.9 Å². The van der Waals surface area contributed by atoms with Crippen molar-refractivity contribution >= 4 is 11.8 Å². The van der Waals surface area contributed by atoms with Crippen LogP contribution in [-0.2, 0) is 16.0 Å². The molecule has 5 heteroatoms. The highest BCUT2D eigenvalue weighted by Gasteiger charge is 2.28. The fraction of sp³-hybridized carbons (Fsp3) is 0.556. The van der Waals surface area contributed by atoms with Crippen LogP contribution in [0.5, 0.6) is 0 Å². The van der Waals surface area contributed by atoms with Crippen molar-refractivity contribution in [1.82, 2.24) is 9.80 Å². The molecule has 0 unspecified atom stereocenters. The van der Waals surface area contributed by atoms with Crippen LogP contribution in [0.15, 0.2) is 30.3 Å². The second-order valence-electron chi connectivity index (χ2n) is 6.12. The van der Waals surface area contributed by atoms with E-state index in [1.165, 1.54) is 5.56 Å². The number of aliphatic hydroxyl groups excluding tert-OH is 1. The molecule has 1 N–H and O–H groups in total. The summed E-state index contributed by atoms with van der Waals surface area (Å²) < 4.78 is 0.